The van der Waals surface area contributed by atoms with Gasteiger partial charge in [-0.15, -0.1) is 0 Å². The summed E-state index contributed by atoms with van der Waals surface area (Å²) in [5.74, 6) is 3.11. The molecule has 98 valence electrons. The van der Waals surface area contributed by atoms with Crippen molar-refractivity contribution in [3.8, 4) is 5.75 Å². The Kier molecular flexibility index (Phi) is 3.29. The van der Waals surface area contributed by atoms with Crippen LogP contribution in [0.3, 0.4) is 0 Å². The fourth-order valence-electron chi connectivity index (χ4n) is 3.96. The van der Waals surface area contributed by atoms with E-state index >= 15 is 0 Å². The Labute approximate surface area is 109 Å². The first-order valence-corrected chi connectivity index (χ1v) is 7.07. The summed E-state index contributed by atoms with van der Waals surface area (Å²) < 4.78 is 5.23. The van der Waals surface area contributed by atoms with Crippen molar-refractivity contribution >= 4 is 0 Å². The molecule has 2 aliphatic carbocycles. The summed E-state index contributed by atoms with van der Waals surface area (Å²) in [4.78, 5) is 0. The van der Waals surface area contributed by atoms with Crippen molar-refractivity contribution < 1.29 is 9.84 Å². The van der Waals surface area contributed by atoms with E-state index in [4.69, 9.17) is 4.74 Å². The van der Waals surface area contributed by atoms with E-state index in [1.54, 1.807) is 7.11 Å². The molecule has 2 fully saturated rings. The van der Waals surface area contributed by atoms with Crippen LogP contribution in [0.15, 0.2) is 24.3 Å². The van der Waals surface area contributed by atoms with Gasteiger partial charge in [-0.3, -0.25) is 0 Å². The van der Waals surface area contributed by atoms with Gasteiger partial charge in [0.05, 0.1) is 13.2 Å². The van der Waals surface area contributed by atoms with Gasteiger partial charge in [-0.25, -0.2) is 0 Å². The van der Waals surface area contributed by atoms with Crippen LogP contribution in [0.1, 0.15) is 31.2 Å². The standard InChI is InChI=1S/C16H22O2/c1-18-14-4-2-3-11(8-14)10-16(17)15-9-12-5-6-13(15)7-12/h2-4,8,12-13,15-17H,5-7,9-10H2,1H3. The van der Waals surface area contributed by atoms with Crippen molar-refractivity contribution in [2.75, 3.05) is 7.11 Å². The van der Waals surface area contributed by atoms with E-state index in [-0.39, 0.29) is 6.10 Å². The normalized spacial score (nSPS) is 31.6. The monoisotopic (exact) mass is 246 g/mol. The predicted molar refractivity (Wildman–Crippen MR) is 71.6 cm³/mol. The van der Waals surface area contributed by atoms with Crippen LogP contribution in [0.25, 0.3) is 0 Å². The molecule has 0 aromatic heterocycles. The third-order valence-electron chi connectivity index (χ3n) is 4.87. The summed E-state index contributed by atoms with van der Waals surface area (Å²) in [6, 6.07) is 8.07. The quantitative estimate of drug-likeness (QED) is 0.885. The van der Waals surface area contributed by atoms with Crippen LogP contribution in [0.2, 0.25) is 0 Å². The molecule has 1 aromatic rings. The average molecular weight is 246 g/mol. The Morgan fingerprint density at radius 1 is 1.33 bits per heavy atom. The highest BCUT2D eigenvalue weighted by atomic mass is 16.5. The molecular weight excluding hydrogens is 224 g/mol. The molecule has 2 bridgehead atoms. The van der Waals surface area contributed by atoms with Crippen molar-refractivity contribution in [3.63, 3.8) is 0 Å². The largest absolute Gasteiger partial charge is 0.497 e. The van der Waals surface area contributed by atoms with Crippen LogP contribution < -0.4 is 4.74 Å². The van der Waals surface area contributed by atoms with E-state index in [0.29, 0.717) is 5.92 Å². The number of aliphatic hydroxyl groups excluding tert-OH is 1. The third kappa shape index (κ3) is 2.26. The molecule has 2 nitrogen and oxygen atoms in total. The van der Waals surface area contributed by atoms with Crippen LogP contribution in [0, 0.1) is 17.8 Å². The number of aliphatic hydroxyl groups is 1. The molecule has 3 rings (SSSR count). The number of fused-ring (bicyclic) bond motifs is 2. The summed E-state index contributed by atoms with van der Waals surface area (Å²) in [6.45, 7) is 0. The van der Waals surface area contributed by atoms with Crippen molar-refractivity contribution in [2.45, 2.75) is 38.2 Å². The highest BCUT2D eigenvalue weighted by molar-refractivity contribution is 5.28. The van der Waals surface area contributed by atoms with Crippen molar-refractivity contribution in [1.29, 1.82) is 0 Å². The molecule has 0 heterocycles. The van der Waals surface area contributed by atoms with E-state index < -0.39 is 0 Å². The van der Waals surface area contributed by atoms with Gasteiger partial charge in [-0.2, -0.15) is 0 Å². The van der Waals surface area contributed by atoms with E-state index in [1.165, 1.54) is 31.2 Å². The lowest BCUT2D eigenvalue weighted by atomic mass is 9.82. The highest BCUT2D eigenvalue weighted by Crippen LogP contribution is 2.49. The molecule has 1 aromatic carbocycles. The zero-order valence-electron chi connectivity index (χ0n) is 11.0. The summed E-state index contributed by atoms with van der Waals surface area (Å²) in [7, 11) is 1.69. The van der Waals surface area contributed by atoms with Gasteiger partial charge in [0.2, 0.25) is 0 Å². The average Bonchev–Trinajstić information content (AvgIpc) is 3.01. The molecule has 1 N–H and O–H groups in total. The number of benzene rings is 1. The summed E-state index contributed by atoms with van der Waals surface area (Å²) >= 11 is 0. The topological polar surface area (TPSA) is 29.5 Å². The van der Waals surface area contributed by atoms with Crippen LogP contribution in [0.5, 0.6) is 5.75 Å². The lowest BCUT2D eigenvalue weighted by Gasteiger charge is -2.26. The zero-order chi connectivity index (χ0) is 12.5. The van der Waals surface area contributed by atoms with Gasteiger partial charge in [-0.05, 0) is 61.1 Å². The maximum absolute atomic E-state index is 10.4. The molecule has 0 radical (unpaired) electrons. The molecule has 18 heavy (non-hydrogen) atoms. The van der Waals surface area contributed by atoms with Gasteiger partial charge in [0.15, 0.2) is 0 Å². The second-order valence-corrected chi connectivity index (χ2v) is 5.96. The Balaban J connectivity index is 1.65. The Morgan fingerprint density at radius 2 is 2.22 bits per heavy atom. The second-order valence-electron chi connectivity index (χ2n) is 5.96. The Morgan fingerprint density at radius 3 is 2.89 bits per heavy atom. The van der Waals surface area contributed by atoms with Crippen molar-refractivity contribution in [3.05, 3.63) is 29.8 Å². The molecule has 4 atom stereocenters. The minimum Gasteiger partial charge on any atom is -0.497 e. The summed E-state index contributed by atoms with van der Waals surface area (Å²) in [6.07, 6.45) is 5.94. The maximum Gasteiger partial charge on any atom is 0.119 e. The van der Waals surface area contributed by atoms with E-state index in [0.717, 1.165) is 24.0 Å². The van der Waals surface area contributed by atoms with Crippen LogP contribution in [-0.2, 0) is 6.42 Å². The molecule has 0 spiro atoms. The first-order chi connectivity index (χ1) is 8.76. The van der Waals surface area contributed by atoms with Crippen LogP contribution in [0.4, 0.5) is 0 Å². The summed E-state index contributed by atoms with van der Waals surface area (Å²) in [5, 5.41) is 10.4. The number of ether oxygens (including phenoxy) is 1. The van der Waals surface area contributed by atoms with Crippen LogP contribution >= 0.6 is 0 Å². The van der Waals surface area contributed by atoms with Gasteiger partial charge in [0, 0.05) is 0 Å². The molecule has 2 heteroatoms. The van der Waals surface area contributed by atoms with Crippen LogP contribution in [-0.4, -0.2) is 18.3 Å². The predicted octanol–water partition coefficient (Wildman–Crippen LogP) is 3.03. The van der Waals surface area contributed by atoms with Gasteiger partial charge in [0.1, 0.15) is 5.75 Å². The molecular formula is C16H22O2. The highest BCUT2D eigenvalue weighted by Gasteiger charge is 2.42. The first kappa shape index (κ1) is 12.0. The lowest BCUT2D eigenvalue weighted by Crippen LogP contribution is -2.27. The van der Waals surface area contributed by atoms with Gasteiger partial charge < -0.3 is 9.84 Å². The first-order valence-electron chi connectivity index (χ1n) is 7.07. The smallest absolute Gasteiger partial charge is 0.119 e. The van der Waals surface area contributed by atoms with Gasteiger partial charge in [0.25, 0.3) is 0 Å². The van der Waals surface area contributed by atoms with E-state index in [1.807, 2.05) is 18.2 Å². The minimum atomic E-state index is -0.174. The zero-order valence-corrected chi connectivity index (χ0v) is 11.0. The fraction of sp³-hybridized carbons (Fsp3) is 0.625. The fourth-order valence-corrected chi connectivity index (χ4v) is 3.96. The Bertz CT molecular complexity index is 415. The molecule has 0 saturated heterocycles. The van der Waals surface area contributed by atoms with Gasteiger partial charge >= 0.3 is 0 Å². The molecule has 0 aliphatic heterocycles. The molecule has 2 aliphatic rings. The number of rotatable bonds is 4. The summed E-state index contributed by atoms with van der Waals surface area (Å²) in [5.41, 5.74) is 1.18. The van der Waals surface area contributed by atoms with Gasteiger partial charge in [-0.1, -0.05) is 18.6 Å². The number of hydrogen-bond acceptors (Lipinski definition) is 2. The molecule has 0 amide bonds. The molecule has 2 saturated carbocycles. The second kappa shape index (κ2) is 4.93. The van der Waals surface area contributed by atoms with Crippen molar-refractivity contribution in [2.24, 2.45) is 17.8 Å². The number of hydrogen-bond donors (Lipinski definition) is 1. The van der Waals surface area contributed by atoms with E-state index in [2.05, 4.69) is 6.07 Å². The minimum absolute atomic E-state index is 0.174. The number of methoxy groups -OCH3 is 1. The molecule has 4 unspecified atom stereocenters. The maximum atomic E-state index is 10.4. The van der Waals surface area contributed by atoms with Crippen molar-refractivity contribution in [1.82, 2.24) is 0 Å². The Hall–Kier alpha value is -1.02. The SMILES string of the molecule is COc1cccc(CC(O)C2CC3CCC2C3)c1. The van der Waals surface area contributed by atoms with E-state index in [9.17, 15) is 5.11 Å². The third-order valence-corrected chi connectivity index (χ3v) is 4.87. The lowest BCUT2D eigenvalue weighted by molar-refractivity contribution is 0.0750.